The van der Waals surface area contributed by atoms with E-state index in [-0.39, 0.29) is 5.91 Å². The largest absolute Gasteiger partial charge is 0.496 e. The Morgan fingerprint density at radius 3 is 2.69 bits per heavy atom. The minimum atomic E-state index is -0.438. The van der Waals surface area contributed by atoms with E-state index in [1.165, 1.54) is 10.9 Å². The Kier molecular flexibility index (Phi) is 4.41. The van der Waals surface area contributed by atoms with Gasteiger partial charge >= 0.3 is 0 Å². The maximum absolute atomic E-state index is 13.0. The standard InChI is InChI=1S/C22H24N2O2/c1-26-20-10-5-3-8-18(20)22(12-6-13-22)21(25)23-14-11-16-15-24-19-9-4-2-7-17(16)19/h2-5,7-10,15,24H,6,11-14H2,1H3,(H,23,25). The van der Waals surface area contributed by atoms with E-state index in [4.69, 9.17) is 4.74 Å². The second kappa shape index (κ2) is 6.87. The Morgan fingerprint density at radius 2 is 1.92 bits per heavy atom. The zero-order valence-electron chi connectivity index (χ0n) is 15.0. The summed E-state index contributed by atoms with van der Waals surface area (Å²) in [6.07, 6.45) is 5.69. The third-order valence-electron chi connectivity index (χ3n) is 5.62. The first-order valence-electron chi connectivity index (χ1n) is 9.21. The van der Waals surface area contributed by atoms with Crippen molar-refractivity contribution >= 4 is 16.8 Å². The summed E-state index contributed by atoms with van der Waals surface area (Å²) >= 11 is 0. The zero-order chi connectivity index (χ0) is 18.0. The SMILES string of the molecule is COc1ccccc1C1(C(=O)NCCc2c[nH]c3ccccc23)CCC1. The summed E-state index contributed by atoms with van der Waals surface area (Å²) in [6, 6.07) is 16.2. The van der Waals surface area contributed by atoms with Gasteiger partial charge in [-0.05, 0) is 37.0 Å². The molecule has 3 aromatic rings. The molecular formula is C22H24N2O2. The number of fused-ring (bicyclic) bond motifs is 1. The first-order chi connectivity index (χ1) is 12.7. The van der Waals surface area contributed by atoms with Crippen LogP contribution < -0.4 is 10.1 Å². The molecule has 0 aliphatic heterocycles. The van der Waals surface area contributed by atoms with Crippen LogP contribution in [0.4, 0.5) is 0 Å². The van der Waals surface area contributed by atoms with Crippen LogP contribution in [0.25, 0.3) is 10.9 Å². The van der Waals surface area contributed by atoms with Crippen molar-refractivity contribution in [3.05, 3.63) is 65.9 Å². The van der Waals surface area contributed by atoms with Crippen LogP contribution in [-0.4, -0.2) is 24.5 Å². The van der Waals surface area contributed by atoms with Gasteiger partial charge in [-0.1, -0.05) is 42.8 Å². The van der Waals surface area contributed by atoms with E-state index in [1.54, 1.807) is 7.11 Å². The van der Waals surface area contributed by atoms with Crippen molar-refractivity contribution in [1.29, 1.82) is 0 Å². The number of amides is 1. The van der Waals surface area contributed by atoms with Crippen molar-refractivity contribution in [2.75, 3.05) is 13.7 Å². The highest BCUT2D eigenvalue weighted by atomic mass is 16.5. The van der Waals surface area contributed by atoms with Gasteiger partial charge in [0, 0.05) is 29.2 Å². The van der Waals surface area contributed by atoms with Crippen molar-refractivity contribution in [3.63, 3.8) is 0 Å². The van der Waals surface area contributed by atoms with E-state index >= 15 is 0 Å². The Hall–Kier alpha value is -2.75. The minimum Gasteiger partial charge on any atom is -0.496 e. The van der Waals surface area contributed by atoms with Crippen LogP contribution in [-0.2, 0) is 16.6 Å². The van der Waals surface area contributed by atoms with Crippen LogP contribution >= 0.6 is 0 Å². The molecule has 4 nitrogen and oxygen atoms in total. The van der Waals surface area contributed by atoms with Crippen LogP contribution in [0.15, 0.2) is 54.7 Å². The van der Waals surface area contributed by atoms with Crippen LogP contribution in [0.1, 0.15) is 30.4 Å². The first-order valence-corrected chi connectivity index (χ1v) is 9.21. The maximum Gasteiger partial charge on any atom is 0.230 e. The van der Waals surface area contributed by atoms with Gasteiger partial charge in [-0.25, -0.2) is 0 Å². The molecule has 134 valence electrons. The van der Waals surface area contributed by atoms with Gasteiger partial charge < -0.3 is 15.0 Å². The molecule has 0 spiro atoms. The van der Waals surface area contributed by atoms with Gasteiger partial charge in [0.25, 0.3) is 0 Å². The fraction of sp³-hybridized carbons (Fsp3) is 0.318. The number of hydrogen-bond donors (Lipinski definition) is 2. The van der Waals surface area contributed by atoms with Crippen LogP contribution in [0.5, 0.6) is 5.75 Å². The lowest BCUT2D eigenvalue weighted by atomic mass is 9.63. The molecule has 1 saturated carbocycles. The van der Waals surface area contributed by atoms with Crippen molar-refractivity contribution in [2.45, 2.75) is 31.1 Å². The van der Waals surface area contributed by atoms with E-state index in [2.05, 4.69) is 22.4 Å². The summed E-state index contributed by atoms with van der Waals surface area (Å²) in [5, 5.41) is 4.40. The molecule has 1 aliphatic rings. The Morgan fingerprint density at radius 1 is 1.15 bits per heavy atom. The average molecular weight is 348 g/mol. The summed E-state index contributed by atoms with van der Waals surface area (Å²) in [7, 11) is 1.67. The number of aromatic nitrogens is 1. The number of ether oxygens (including phenoxy) is 1. The highest BCUT2D eigenvalue weighted by Gasteiger charge is 2.47. The molecule has 4 heteroatoms. The number of carbonyl (C=O) groups excluding carboxylic acids is 1. The van der Waals surface area contributed by atoms with Crippen LogP contribution in [0.2, 0.25) is 0 Å². The minimum absolute atomic E-state index is 0.119. The number of carbonyl (C=O) groups is 1. The number of para-hydroxylation sites is 2. The number of hydrogen-bond acceptors (Lipinski definition) is 2. The van der Waals surface area contributed by atoms with Gasteiger partial charge in [0.05, 0.1) is 12.5 Å². The smallest absolute Gasteiger partial charge is 0.230 e. The zero-order valence-corrected chi connectivity index (χ0v) is 15.0. The second-order valence-electron chi connectivity index (χ2n) is 7.00. The molecule has 0 radical (unpaired) electrons. The summed E-state index contributed by atoms with van der Waals surface area (Å²) in [5.41, 5.74) is 2.95. The van der Waals surface area contributed by atoms with Gasteiger partial charge in [0.2, 0.25) is 5.91 Å². The second-order valence-corrected chi connectivity index (χ2v) is 7.00. The van der Waals surface area contributed by atoms with Gasteiger partial charge in [-0.2, -0.15) is 0 Å². The molecule has 1 amide bonds. The molecule has 0 bridgehead atoms. The summed E-state index contributed by atoms with van der Waals surface area (Å²) in [5.74, 6) is 0.923. The molecule has 4 rings (SSSR count). The van der Waals surface area contributed by atoms with Crippen molar-refractivity contribution in [1.82, 2.24) is 10.3 Å². The summed E-state index contributed by atoms with van der Waals surface area (Å²) in [4.78, 5) is 16.3. The lowest BCUT2D eigenvalue weighted by Gasteiger charge is -2.41. The normalized spacial score (nSPS) is 15.4. The molecule has 1 heterocycles. The Bertz CT molecular complexity index is 925. The predicted molar refractivity (Wildman–Crippen MR) is 104 cm³/mol. The summed E-state index contributed by atoms with van der Waals surface area (Å²) < 4.78 is 5.50. The third kappa shape index (κ3) is 2.75. The average Bonchev–Trinajstić information content (AvgIpc) is 3.05. The van der Waals surface area contributed by atoms with Gasteiger partial charge in [0.15, 0.2) is 0 Å². The van der Waals surface area contributed by atoms with E-state index in [9.17, 15) is 4.79 Å². The number of nitrogens with one attached hydrogen (secondary N) is 2. The van der Waals surface area contributed by atoms with Crippen molar-refractivity contribution in [2.24, 2.45) is 0 Å². The Balaban J connectivity index is 1.47. The molecule has 2 aromatic carbocycles. The van der Waals surface area contributed by atoms with E-state index < -0.39 is 5.41 Å². The number of benzene rings is 2. The predicted octanol–water partition coefficient (Wildman–Crippen LogP) is 3.96. The molecule has 2 N–H and O–H groups in total. The molecule has 1 fully saturated rings. The van der Waals surface area contributed by atoms with Crippen LogP contribution in [0, 0.1) is 0 Å². The summed E-state index contributed by atoms with van der Waals surface area (Å²) in [6.45, 7) is 0.636. The number of H-pyrrole nitrogens is 1. The molecule has 1 aromatic heterocycles. The van der Waals surface area contributed by atoms with Gasteiger partial charge in [-0.15, -0.1) is 0 Å². The molecule has 0 atom stereocenters. The number of aromatic amines is 1. The van der Waals surface area contributed by atoms with Crippen molar-refractivity contribution in [3.8, 4) is 5.75 Å². The monoisotopic (exact) mass is 348 g/mol. The molecule has 26 heavy (non-hydrogen) atoms. The fourth-order valence-corrected chi connectivity index (χ4v) is 4.01. The quantitative estimate of drug-likeness (QED) is 0.708. The van der Waals surface area contributed by atoms with Gasteiger partial charge in [-0.3, -0.25) is 4.79 Å². The third-order valence-corrected chi connectivity index (χ3v) is 5.62. The van der Waals surface area contributed by atoms with Crippen LogP contribution in [0.3, 0.4) is 0 Å². The van der Waals surface area contributed by atoms with Gasteiger partial charge in [0.1, 0.15) is 5.75 Å². The highest BCUT2D eigenvalue weighted by Crippen LogP contribution is 2.47. The Labute approximate surface area is 153 Å². The highest BCUT2D eigenvalue weighted by molar-refractivity contribution is 5.90. The fourth-order valence-electron chi connectivity index (χ4n) is 4.01. The first kappa shape index (κ1) is 16.7. The number of rotatable bonds is 6. The molecular weight excluding hydrogens is 324 g/mol. The number of methoxy groups -OCH3 is 1. The lowest BCUT2D eigenvalue weighted by molar-refractivity contribution is -0.129. The van der Waals surface area contributed by atoms with E-state index in [0.717, 1.165) is 42.5 Å². The lowest BCUT2D eigenvalue weighted by Crippen LogP contribution is -2.49. The van der Waals surface area contributed by atoms with Crippen molar-refractivity contribution < 1.29 is 9.53 Å². The topological polar surface area (TPSA) is 54.1 Å². The molecule has 0 saturated heterocycles. The molecule has 1 aliphatic carbocycles. The molecule has 0 unspecified atom stereocenters. The van der Waals surface area contributed by atoms with E-state index in [0.29, 0.717) is 6.54 Å². The maximum atomic E-state index is 13.0. The van der Waals surface area contributed by atoms with E-state index in [1.807, 2.05) is 42.6 Å².